The average molecular weight is 278 g/mol. The highest BCUT2D eigenvalue weighted by atomic mass is 16.4. The van der Waals surface area contributed by atoms with Gasteiger partial charge in [-0.25, -0.2) is 4.79 Å². The summed E-state index contributed by atoms with van der Waals surface area (Å²) < 4.78 is 0. The fourth-order valence-electron chi connectivity index (χ4n) is 1.93. The normalized spacial score (nSPS) is 11.6. The number of amides is 2. The van der Waals surface area contributed by atoms with Gasteiger partial charge in [0.05, 0.1) is 11.1 Å². The van der Waals surface area contributed by atoms with Crippen LogP contribution in [0.25, 0.3) is 0 Å². The van der Waals surface area contributed by atoms with Crippen molar-refractivity contribution in [1.82, 2.24) is 10.6 Å². The highest BCUT2D eigenvalue weighted by Gasteiger charge is 2.23. The first-order valence-electron chi connectivity index (χ1n) is 6.15. The minimum Gasteiger partial charge on any atom is -0.478 e. The lowest BCUT2D eigenvalue weighted by Crippen LogP contribution is -2.44. The highest BCUT2D eigenvalue weighted by Crippen LogP contribution is 2.19. The fraction of sp³-hybridized carbons (Fsp3) is 0.357. The highest BCUT2D eigenvalue weighted by molar-refractivity contribution is 6.07. The van der Waals surface area contributed by atoms with Crippen LogP contribution in [0, 0.1) is 13.8 Å². The van der Waals surface area contributed by atoms with Crippen molar-refractivity contribution in [3.8, 4) is 0 Å². The summed E-state index contributed by atoms with van der Waals surface area (Å²) >= 11 is 0. The van der Waals surface area contributed by atoms with E-state index in [0.29, 0.717) is 11.1 Å². The molecule has 6 heteroatoms. The van der Waals surface area contributed by atoms with Crippen LogP contribution in [0.2, 0.25) is 0 Å². The standard InChI is InChI=1S/C14H18N2O4/c1-7-5-6-8(2)11(14(19)20)10(7)13(18)16-9(3)12(17)15-4/h5-6,9H,1-4H3,(H,15,17)(H,16,18)(H,19,20). The van der Waals surface area contributed by atoms with Gasteiger partial charge in [0.1, 0.15) is 6.04 Å². The molecule has 1 aromatic rings. The number of rotatable bonds is 4. The number of carbonyl (C=O) groups excluding carboxylic acids is 2. The first-order chi connectivity index (χ1) is 9.29. The number of hydrogen-bond acceptors (Lipinski definition) is 3. The molecule has 2 amide bonds. The molecule has 20 heavy (non-hydrogen) atoms. The molecule has 1 rings (SSSR count). The van der Waals surface area contributed by atoms with E-state index in [-0.39, 0.29) is 17.0 Å². The zero-order chi connectivity index (χ0) is 15.4. The van der Waals surface area contributed by atoms with Gasteiger partial charge in [-0.1, -0.05) is 12.1 Å². The summed E-state index contributed by atoms with van der Waals surface area (Å²) in [5.74, 6) is -2.08. The Morgan fingerprint density at radius 1 is 1.10 bits per heavy atom. The van der Waals surface area contributed by atoms with Crippen molar-refractivity contribution in [2.45, 2.75) is 26.8 Å². The molecule has 0 saturated carbocycles. The molecule has 0 radical (unpaired) electrons. The summed E-state index contributed by atoms with van der Waals surface area (Å²) in [6.07, 6.45) is 0. The Morgan fingerprint density at radius 3 is 2.05 bits per heavy atom. The van der Waals surface area contributed by atoms with Gasteiger partial charge >= 0.3 is 5.97 Å². The summed E-state index contributed by atoms with van der Waals surface area (Å²) in [4.78, 5) is 34.9. The predicted octanol–water partition coefficient (Wildman–Crippen LogP) is 0.866. The van der Waals surface area contributed by atoms with Gasteiger partial charge < -0.3 is 15.7 Å². The quantitative estimate of drug-likeness (QED) is 0.761. The van der Waals surface area contributed by atoms with E-state index >= 15 is 0 Å². The Kier molecular flexibility index (Phi) is 4.85. The second kappa shape index (κ2) is 6.18. The Labute approximate surface area is 117 Å². The molecule has 6 nitrogen and oxygen atoms in total. The minimum absolute atomic E-state index is 0.0355. The van der Waals surface area contributed by atoms with Crippen LogP contribution in [0.1, 0.15) is 38.8 Å². The second-order valence-electron chi connectivity index (χ2n) is 4.56. The third-order valence-corrected chi connectivity index (χ3v) is 3.05. The van der Waals surface area contributed by atoms with Gasteiger partial charge in [0.15, 0.2) is 0 Å². The van der Waals surface area contributed by atoms with Crippen LogP contribution in [0.4, 0.5) is 0 Å². The number of nitrogens with one attached hydrogen (secondary N) is 2. The molecule has 108 valence electrons. The van der Waals surface area contributed by atoms with Crippen molar-refractivity contribution in [2.75, 3.05) is 7.05 Å². The van der Waals surface area contributed by atoms with Gasteiger partial charge in [-0.3, -0.25) is 9.59 Å². The van der Waals surface area contributed by atoms with Crippen LogP contribution in [-0.4, -0.2) is 36.0 Å². The monoisotopic (exact) mass is 278 g/mol. The van der Waals surface area contributed by atoms with E-state index in [2.05, 4.69) is 10.6 Å². The van der Waals surface area contributed by atoms with E-state index in [4.69, 9.17) is 0 Å². The lowest BCUT2D eigenvalue weighted by atomic mass is 9.96. The van der Waals surface area contributed by atoms with E-state index in [9.17, 15) is 19.5 Å². The van der Waals surface area contributed by atoms with E-state index in [0.717, 1.165) is 0 Å². The van der Waals surface area contributed by atoms with E-state index in [1.807, 2.05) is 0 Å². The predicted molar refractivity (Wildman–Crippen MR) is 73.9 cm³/mol. The van der Waals surface area contributed by atoms with Crippen LogP contribution in [0.3, 0.4) is 0 Å². The van der Waals surface area contributed by atoms with Gasteiger partial charge in [0.2, 0.25) is 5.91 Å². The molecule has 0 saturated heterocycles. The molecule has 3 N–H and O–H groups in total. The zero-order valence-corrected chi connectivity index (χ0v) is 11.9. The zero-order valence-electron chi connectivity index (χ0n) is 11.9. The number of aryl methyl sites for hydroxylation is 2. The Balaban J connectivity index is 3.19. The second-order valence-corrected chi connectivity index (χ2v) is 4.56. The number of aromatic carboxylic acids is 1. The average Bonchev–Trinajstić information content (AvgIpc) is 2.39. The maximum absolute atomic E-state index is 12.2. The molecule has 0 spiro atoms. The number of benzene rings is 1. The number of likely N-dealkylation sites (N-methyl/N-ethyl adjacent to an activating group) is 1. The number of carboxylic acids is 1. The summed E-state index contributed by atoms with van der Waals surface area (Å²) in [6, 6.07) is 2.59. The maximum atomic E-state index is 12.2. The molecule has 0 heterocycles. The van der Waals surface area contributed by atoms with E-state index in [1.54, 1.807) is 26.0 Å². The van der Waals surface area contributed by atoms with Crippen molar-refractivity contribution >= 4 is 17.8 Å². The molecule has 1 aromatic carbocycles. The molecule has 1 atom stereocenters. The first kappa shape index (κ1) is 15.7. The van der Waals surface area contributed by atoms with Crippen LogP contribution in [-0.2, 0) is 4.79 Å². The number of carbonyl (C=O) groups is 3. The van der Waals surface area contributed by atoms with Gasteiger partial charge in [0, 0.05) is 7.05 Å². The molecule has 0 aliphatic rings. The van der Waals surface area contributed by atoms with Crippen molar-refractivity contribution in [3.05, 3.63) is 34.4 Å². The molecular weight excluding hydrogens is 260 g/mol. The largest absolute Gasteiger partial charge is 0.478 e. The van der Waals surface area contributed by atoms with Crippen molar-refractivity contribution in [2.24, 2.45) is 0 Å². The van der Waals surface area contributed by atoms with Crippen LogP contribution in [0.5, 0.6) is 0 Å². The Hall–Kier alpha value is -2.37. The van der Waals surface area contributed by atoms with Crippen molar-refractivity contribution in [3.63, 3.8) is 0 Å². The molecular formula is C14H18N2O4. The maximum Gasteiger partial charge on any atom is 0.336 e. The smallest absolute Gasteiger partial charge is 0.336 e. The van der Waals surface area contributed by atoms with Crippen LogP contribution in [0.15, 0.2) is 12.1 Å². The van der Waals surface area contributed by atoms with Crippen molar-refractivity contribution in [1.29, 1.82) is 0 Å². The Bertz CT molecular complexity index is 567. The molecule has 1 unspecified atom stereocenters. The van der Waals surface area contributed by atoms with Crippen LogP contribution >= 0.6 is 0 Å². The van der Waals surface area contributed by atoms with Gasteiger partial charge in [-0.15, -0.1) is 0 Å². The minimum atomic E-state index is -1.16. The lowest BCUT2D eigenvalue weighted by molar-refractivity contribution is -0.122. The molecule has 0 aliphatic carbocycles. The van der Waals surface area contributed by atoms with Crippen LogP contribution < -0.4 is 10.6 Å². The van der Waals surface area contributed by atoms with E-state index < -0.39 is 17.9 Å². The van der Waals surface area contributed by atoms with Crippen molar-refractivity contribution < 1.29 is 19.5 Å². The molecule has 0 aliphatic heterocycles. The third kappa shape index (κ3) is 3.14. The van der Waals surface area contributed by atoms with Gasteiger partial charge in [-0.05, 0) is 31.9 Å². The topological polar surface area (TPSA) is 95.5 Å². The summed E-state index contributed by atoms with van der Waals surface area (Å²) in [5.41, 5.74) is 1.11. The molecule has 0 fully saturated rings. The summed E-state index contributed by atoms with van der Waals surface area (Å²) in [6.45, 7) is 4.81. The Morgan fingerprint density at radius 2 is 1.60 bits per heavy atom. The first-order valence-corrected chi connectivity index (χ1v) is 6.15. The lowest BCUT2D eigenvalue weighted by Gasteiger charge is -2.16. The molecule has 0 bridgehead atoms. The number of hydrogen-bond donors (Lipinski definition) is 3. The van der Waals surface area contributed by atoms with Gasteiger partial charge in [-0.2, -0.15) is 0 Å². The summed E-state index contributed by atoms with van der Waals surface area (Å²) in [7, 11) is 1.46. The summed E-state index contributed by atoms with van der Waals surface area (Å²) in [5, 5.41) is 14.2. The third-order valence-electron chi connectivity index (χ3n) is 3.05. The number of carboxylic acid groups (broad SMARTS) is 1. The SMILES string of the molecule is CNC(=O)C(C)NC(=O)c1c(C)ccc(C)c1C(=O)O. The van der Waals surface area contributed by atoms with E-state index in [1.165, 1.54) is 14.0 Å². The molecule has 0 aromatic heterocycles. The van der Waals surface area contributed by atoms with Gasteiger partial charge in [0.25, 0.3) is 5.91 Å². The fourth-order valence-corrected chi connectivity index (χ4v) is 1.93.